The fourth-order valence-corrected chi connectivity index (χ4v) is 1.49. The van der Waals surface area contributed by atoms with E-state index in [0.29, 0.717) is 23.9 Å². The van der Waals surface area contributed by atoms with Gasteiger partial charge in [-0.25, -0.2) is 0 Å². The summed E-state index contributed by atoms with van der Waals surface area (Å²) in [5.41, 5.74) is 6.46. The maximum absolute atomic E-state index is 11.6. The van der Waals surface area contributed by atoms with E-state index in [2.05, 4.69) is 26.1 Å². The minimum Gasteiger partial charge on any atom is -0.366 e. The van der Waals surface area contributed by atoms with Crippen LogP contribution in [0, 0.1) is 11.8 Å². The molecular weight excluding hydrogens is 252 g/mol. The van der Waals surface area contributed by atoms with Gasteiger partial charge in [0.2, 0.25) is 11.8 Å². The van der Waals surface area contributed by atoms with Crippen molar-refractivity contribution in [3.63, 3.8) is 0 Å². The van der Waals surface area contributed by atoms with Crippen LogP contribution in [0.25, 0.3) is 6.08 Å². The third kappa shape index (κ3) is 5.26. The molecule has 1 unspecified atom stereocenters. The highest BCUT2D eigenvalue weighted by atomic mass is 16.1. The molecule has 0 aliphatic heterocycles. The fourth-order valence-electron chi connectivity index (χ4n) is 1.49. The topological polar surface area (TPSA) is 72.2 Å². The van der Waals surface area contributed by atoms with Crippen LogP contribution in [-0.2, 0) is 4.79 Å². The summed E-state index contributed by atoms with van der Waals surface area (Å²) in [6.45, 7) is 7.04. The summed E-state index contributed by atoms with van der Waals surface area (Å²) >= 11 is 0. The molecule has 0 spiro atoms. The number of amides is 2. The predicted octanol–water partition coefficient (Wildman–Crippen LogP) is 2.21. The molecular formula is C16H22N2O2. The van der Waals surface area contributed by atoms with E-state index < -0.39 is 5.91 Å². The van der Waals surface area contributed by atoms with E-state index >= 15 is 0 Å². The van der Waals surface area contributed by atoms with Crippen LogP contribution in [0.5, 0.6) is 0 Å². The number of hydrogen-bond donors (Lipinski definition) is 2. The van der Waals surface area contributed by atoms with Gasteiger partial charge in [0.05, 0.1) is 0 Å². The standard InChI is InChI=1S/C16H22N2O2/c1-11(2)12(3)10-18-15(19)9-6-13-4-7-14(8-5-13)16(17)20/h4-9,11-12H,10H2,1-3H3,(H2,17,20)(H,18,19)/b9-6+. The van der Waals surface area contributed by atoms with Crippen LogP contribution in [0.2, 0.25) is 0 Å². The quantitative estimate of drug-likeness (QED) is 0.781. The molecule has 1 atom stereocenters. The second-order valence-electron chi connectivity index (χ2n) is 5.29. The summed E-state index contributed by atoms with van der Waals surface area (Å²) in [6, 6.07) is 6.78. The van der Waals surface area contributed by atoms with Gasteiger partial charge in [-0.3, -0.25) is 9.59 Å². The molecule has 0 bridgehead atoms. The molecule has 1 aromatic rings. The molecule has 4 nitrogen and oxygen atoms in total. The number of carbonyl (C=O) groups is 2. The second-order valence-corrected chi connectivity index (χ2v) is 5.29. The Hall–Kier alpha value is -2.10. The Morgan fingerprint density at radius 1 is 1.20 bits per heavy atom. The van der Waals surface area contributed by atoms with E-state index in [0.717, 1.165) is 5.56 Å². The molecule has 1 aromatic carbocycles. The second kappa shape index (κ2) is 7.48. The first-order chi connectivity index (χ1) is 9.40. The number of nitrogens with one attached hydrogen (secondary N) is 1. The number of benzene rings is 1. The van der Waals surface area contributed by atoms with Crippen LogP contribution in [0.3, 0.4) is 0 Å². The lowest BCUT2D eigenvalue weighted by molar-refractivity contribution is -0.116. The van der Waals surface area contributed by atoms with E-state index in [1.54, 1.807) is 30.3 Å². The van der Waals surface area contributed by atoms with Crippen molar-refractivity contribution in [1.82, 2.24) is 5.32 Å². The Morgan fingerprint density at radius 3 is 2.30 bits per heavy atom. The molecule has 0 saturated carbocycles. The Balaban J connectivity index is 2.51. The smallest absolute Gasteiger partial charge is 0.248 e. The van der Waals surface area contributed by atoms with Gasteiger partial charge in [-0.15, -0.1) is 0 Å². The van der Waals surface area contributed by atoms with Gasteiger partial charge >= 0.3 is 0 Å². The third-order valence-electron chi connectivity index (χ3n) is 3.36. The summed E-state index contributed by atoms with van der Waals surface area (Å²) in [5, 5.41) is 2.86. The van der Waals surface area contributed by atoms with Crippen LogP contribution < -0.4 is 11.1 Å². The molecule has 108 valence electrons. The maximum atomic E-state index is 11.6. The molecule has 1 rings (SSSR count). The van der Waals surface area contributed by atoms with Crippen LogP contribution in [-0.4, -0.2) is 18.4 Å². The van der Waals surface area contributed by atoms with Crippen molar-refractivity contribution in [3.05, 3.63) is 41.5 Å². The van der Waals surface area contributed by atoms with Crippen LogP contribution in [0.1, 0.15) is 36.7 Å². The lowest BCUT2D eigenvalue weighted by Crippen LogP contribution is -2.28. The van der Waals surface area contributed by atoms with Crippen molar-refractivity contribution >= 4 is 17.9 Å². The number of nitrogens with two attached hydrogens (primary N) is 1. The molecule has 2 amide bonds. The van der Waals surface area contributed by atoms with Crippen molar-refractivity contribution in [3.8, 4) is 0 Å². The van der Waals surface area contributed by atoms with Crippen molar-refractivity contribution in [2.75, 3.05) is 6.54 Å². The highest BCUT2D eigenvalue weighted by Gasteiger charge is 2.07. The Labute approximate surface area is 120 Å². The van der Waals surface area contributed by atoms with Gasteiger partial charge in [0.1, 0.15) is 0 Å². The van der Waals surface area contributed by atoms with E-state index in [-0.39, 0.29) is 5.91 Å². The normalized spacial score (nSPS) is 12.6. The summed E-state index contributed by atoms with van der Waals surface area (Å²) in [4.78, 5) is 22.6. The Kier molecular flexibility index (Phi) is 5.97. The molecule has 3 N–H and O–H groups in total. The van der Waals surface area contributed by atoms with Gasteiger partial charge in [-0.2, -0.15) is 0 Å². The SMILES string of the molecule is CC(C)C(C)CNC(=O)/C=C/c1ccc(C(N)=O)cc1. The van der Waals surface area contributed by atoms with E-state index in [1.165, 1.54) is 6.08 Å². The predicted molar refractivity (Wildman–Crippen MR) is 81.0 cm³/mol. The highest BCUT2D eigenvalue weighted by molar-refractivity contribution is 5.94. The number of rotatable bonds is 6. The van der Waals surface area contributed by atoms with Crippen molar-refractivity contribution in [1.29, 1.82) is 0 Å². The largest absolute Gasteiger partial charge is 0.366 e. The molecule has 0 aliphatic rings. The number of primary amides is 1. The molecule has 0 radical (unpaired) electrons. The zero-order chi connectivity index (χ0) is 15.1. The van der Waals surface area contributed by atoms with Crippen molar-refractivity contribution in [2.24, 2.45) is 17.6 Å². The van der Waals surface area contributed by atoms with Gasteiger partial charge in [0.25, 0.3) is 0 Å². The Morgan fingerprint density at radius 2 is 1.80 bits per heavy atom. The first kappa shape index (κ1) is 16.0. The van der Waals surface area contributed by atoms with Gasteiger partial charge in [-0.05, 0) is 35.6 Å². The zero-order valence-electron chi connectivity index (χ0n) is 12.2. The lowest BCUT2D eigenvalue weighted by Gasteiger charge is -2.15. The molecule has 0 aliphatic carbocycles. The summed E-state index contributed by atoms with van der Waals surface area (Å²) in [7, 11) is 0. The first-order valence-electron chi connectivity index (χ1n) is 6.76. The minimum absolute atomic E-state index is 0.114. The van der Waals surface area contributed by atoms with Crippen LogP contribution in [0.4, 0.5) is 0 Å². The van der Waals surface area contributed by atoms with E-state index in [4.69, 9.17) is 5.73 Å². The maximum Gasteiger partial charge on any atom is 0.248 e. The monoisotopic (exact) mass is 274 g/mol. The van der Waals surface area contributed by atoms with E-state index in [9.17, 15) is 9.59 Å². The highest BCUT2D eigenvalue weighted by Crippen LogP contribution is 2.08. The molecule has 20 heavy (non-hydrogen) atoms. The lowest BCUT2D eigenvalue weighted by atomic mass is 9.98. The minimum atomic E-state index is -0.457. The van der Waals surface area contributed by atoms with Gasteiger partial charge in [0.15, 0.2) is 0 Å². The molecule has 0 fully saturated rings. The van der Waals surface area contributed by atoms with Gasteiger partial charge in [0, 0.05) is 18.2 Å². The molecule has 0 aromatic heterocycles. The zero-order valence-corrected chi connectivity index (χ0v) is 12.2. The summed E-state index contributed by atoms with van der Waals surface area (Å²) < 4.78 is 0. The summed E-state index contributed by atoms with van der Waals surface area (Å²) in [6.07, 6.45) is 3.20. The number of hydrogen-bond acceptors (Lipinski definition) is 2. The fraction of sp³-hybridized carbons (Fsp3) is 0.375. The Bertz CT molecular complexity index is 490. The van der Waals surface area contributed by atoms with Gasteiger partial charge in [-0.1, -0.05) is 32.9 Å². The van der Waals surface area contributed by atoms with Gasteiger partial charge < -0.3 is 11.1 Å². The number of carbonyl (C=O) groups excluding carboxylic acids is 2. The van der Waals surface area contributed by atoms with Crippen LogP contribution in [0.15, 0.2) is 30.3 Å². The molecule has 4 heteroatoms. The first-order valence-corrected chi connectivity index (χ1v) is 6.76. The third-order valence-corrected chi connectivity index (χ3v) is 3.36. The average Bonchev–Trinajstić information content (AvgIpc) is 2.42. The molecule has 0 heterocycles. The van der Waals surface area contributed by atoms with E-state index in [1.807, 2.05) is 0 Å². The summed E-state index contributed by atoms with van der Waals surface area (Å²) in [5.74, 6) is 0.417. The van der Waals surface area contributed by atoms with Crippen LogP contribution >= 0.6 is 0 Å². The molecule has 0 saturated heterocycles. The van der Waals surface area contributed by atoms with Crippen molar-refractivity contribution in [2.45, 2.75) is 20.8 Å². The van der Waals surface area contributed by atoms with Crippen molar-refractivity contribution < 1.29 is 9.59 Å². The average molecular weight is 274 g/mol.